The molecule has 1 atom stereocenters. The normalized spacial score (nSPS) is 17.4. The van der Waals surface area contributed by atoms with E-state index in [4.69, 9.17) is 0 Å². The molecule has 1 amide bonds. The van der Waals surface area contributed by atoms with E-state index in [9.17, 15) is 18.0 Å². The topological polar surface area (TPSA) is 60.0 Å². The number of anilines is 1. The predicted molar refractivity (Wildman–Crippen MR) is 109 cm³/mol. The van der Waals surface area contributed by atoms with Crippen LogP contribution in [0.2, 0.25) is 0 Å². The molecule has 0 bridgehead atoms. The number of carbonyl (C=O) groups excluding carboxylic acids is 1. The Morgan fingerprint density at radius 3 is 2.17 bits per heavy atom. The number of nitrogens with one attached hydrogen (secondary N) is 2. The average molecular weight is 413 g/mol. The highest BCUT2D eigenvalue weighted by Gasteiger charge is 2.41. The molecule has 1 fully saturated rings. The summed E-state index contributed by atoms with van der Waals surface area (Å²) in [6.45, 7) is 7.06. The van der Waals surface area contributed by atoms with Crippen molar-refractivity contribution in [3.63, 3.8) is 0 Å². The van der Waals surface area contributed by atoms with E-state index in [2.05, 4.69) is 15.6 Å². The SMILES string of the molecule is CN=C(NCc1ccc(NC(=O)C(C)C)cc1)N1CCN(C(C)C(F)(F)F)CC1. The standard InChI is InChI=1S/C20H30F3N5O/c1-14(2)18(29)26-17-7-5-16(6-8-17)13-25-19(24-4)28-11-9-27(10-12-28)15(3)20(21,22)23/h5-8,14-15H,9-13H2,1-4H3,(H,24,25)(H,26,29). The van der Waals surface area contributed by atoms with Gasteiger partial charge in [-0.3, -0.25) is 14.7 Å². The number of amides is 1. The van der Waals surface area contributed by atoms with Gasteiger partial charge in [-0.15, -0.1) is 0 Å². The third-order valence-corrected chi connectivity index (χ3v) is 5.04. The van der Waals surface area contributed by atoms with Crippen LogP contribution in [0.1, 0.15) is 26.3 Å². The van der Waals surface area contributed by atoms with Gasteiger partial charge < -0.3 is 15.5 Å². The van der Waals surface area contributed by atoms with Crippen molar-refractivity contribution in [3.8, 4) is 0 Å². The van der Waals surface area contributed by atoms with Crippen LogP contribution in [0, 0.1) is 5.92 Å². The summed E-state index contributed by atoms with van der Waals surface area (Å²) in [4.78, 5) is 19.4. The quantitative estimate of drug-likeness (QED) is 0.576. The highest BCUT2D eigenvalue weighted by atomic mass is 19.4. The molecule has 9 heteroatoms. The van der Waals surface area contributed by atoms with Crippen LogP contribution in [0.25, 0.3) is 0 Å². The van der Waals surface area contributed by atoms with Crippen LogP contribution in [0.5, 0.6) is 0 Å². The van der Waals surface area contributed by atoms with Crippen molar-refractivity contribution in [2.24, 2.45) is 10.9 Å². The number of rotatable bonds is 5. The Labute approximate surface area is 170 Å². The van der Waals surface area contributed by atoms with Crippen molar-refractivity contribution in [1.82, 2.24) is 15.1 Å². The van der Waals surface area contributed by atoms with Gasteiger partial charge in [0.25, 0.3) is 0 Å². The number of carbonyl (C=O) groups is 1. The molecular weight excluding hydrogens is 383 g/mol. The Balaban J connectivity index is 1.85. The van der Waals surface area contributed by atoms with Crippen molar-refractivity contribution in [2.45, 2.75) is 39.5 Å². The average Bonchev–Trinajstić information content (AvgIpc) is 2.68. The van der Waals surface area contributed by atoms with E-state index in [1.165, 1.54) is 11.8 Å². The summed E-state index contributed by atoms with van der Waals surface area (Å²) >= 11 is 0. The second-order valence-corrected chi connectivity index (χ2v) is 7.48. The number of hydrogen-bond donors (Lipinski definition) is 2. The van der Waals surface area contributed by atoms with E-state index in [0.29, 0.717) is 38.7 Å². The third-order valence-electron chi connectivity index (χ3n) is 5.04. The van der Waals surface area contributed by atoms with Gasteiger partial charge in [0, 0.05) is 51.4 Å². The van der Waals surface area contributed by atoms with Crippen LogP contribution in [-0.4, -0.2) is 67.1 Å². The van der Waals surface area contributed by atoms with E-state index < -0.39 is 12.2 Å². The summed E-state index contributed by atoms with van der Waals surface area (Å²) in [5, 5.41) is 6.10. The van der Waals surface area contributed by atoms with E-state index in [1.54, 1.807) is 7.05 Å². The smallest absolute Gasteiger partial charge is 0.352 e. The second-order valence-electron chi connectivity index (χ2n) is 7.48. The molecule has 1 aliphatic rings. The maximum atomic E-state index is 12.9. The zero-order valence-electron chi connectivity index (χ0n) is 17.4. The van der Waals surface area contributed by atoms with E-state index in [1.807, 2.05) is 43.0 Å². The van der Waals surface area contributed by atoms with Crippen LogP contribution >= 0.6 is 0 Å². The molecule has 0 aliphatic carbocycles. The van der Waals surface area contributed by atoms with Gasteiger partial charge in [0.1, 0.15) is 6.04 Å². The highest BCUT2D eigenvalue weighted by molar-refractivity contribution is 5.92. The number of guanidine groups is 1. The van der Waals surface area contributed by atoms with Gasteiger partial charge >= 0.3 is 6.18 Å². The lowest BCUT2D eigenvalue weighted by Gasteiger charge is -2.39. The minimum Gasteiger partial charge on any atom is -0.352 e. The number of piperazine rings is 1. The van der Waals surface area contributed by atoms with Crippen molar-refractivity contribution < 1.29 is 18.0 Å². The first-order valence-electron chi connectivity index (χ1n) is 9.78. The summed E-state index contributed by atoms with van der Waals surface area (Å²) in [5.41, 5.74) is 1.75. The number of hydrogen-bond acceptors (Lipinski definition) is 3. The zero-order valence-corrected chi connectivity index (χ0v) is 17.4. The summed E-state index contributed by atoms with van der Waals surface area (Å²) in [5.74, 6) is 0.552. The van der Waals surface area contributed by atoms with Crippen LogP contribution in [0.4, 0.5) is 18.9 Å². The van der Waals surface area contributed by atoms with Crippen molar-refractivity contribution in [2.75, 3.05) is 38.5 Å². The van der Waals surface area contributed by atoms with Crippen LogP contribution < -0.4 is 10.6 Å². The fourth-order valence-electron chi connectivity index (χ4n) is 3.03. The van der Waals surface area contributed by atoms with Gasteiger partial charge in [-0.1, -0.05) is 26.0 Å². The first-order chi connectivity index (χ1) is 13.6. The summed E-state index contributed by atoms with van der Waals surface area (Å²) < 4.78 is 38.7. The molecule has 6 nitrogen and oxygen atoms in total. The summed E-state index contributed by atoms with van der Waals surface area (Å²) in [6.07, 6.45) is -4.21. The Morgan fingerprint density at radius 1 is 1.10 bits per heavy atom. The van der Waals surface area contributed by atoms with Crippen LogP contribution in [0.15, 0.2) is 29.3 Å². The van der Waals surface area contributed by atoms with E-state index in [0.717, 1.165) is 11.3 Å². The Morgan fingerprint density at radius 2 is 1.69 bits per heavy atom. The molecule has 1 unspecified atom stereocenters. The third kappa shape index (κ3) is 6.62. The van der Waals surface area contributed by atoms with E-state index >= 15 is 0 Å². The Hall–Kier alpha value is -2.29. The van der Waals surface area contributed by atoms with Crippen molar-refractivity contribution in [3.05, 3.63) is 29.8 Å². The van der Waals surface area contributed by atoms with Crippen molar-refractivity contribution >= 4 is 17.6 Å². The first-order valence-corrected chi connectivity index (χ1v) is 9.78. The van der Waals surface area contributed by atoms with Gasteiger partial charge in [-0.05, 0) is 24.6 Å². The molecule has 162 valence electrons. The van der Waals surface area contributed by atoms with E-state index in [-0.39, 0.29) is 11.8 Å². The number of halogens is 3. The van der Waals surface area contributed by atoms with Gasteiger partial charge in [-0.2, -0.15) is 13.2 Å². The fourth-order valence-corrected chi connectivity index (χ4v) is 3.03. The maximum absolute atomic E-state index is 12.9. The summed E-state index contributed by atoms with van der Waals surface area (Å²) in [7, 11) is 1.66. The zero-order chi connectivity index (χ0) is 21.6. The fraction of sp³-hybridized carbons (Fsp3) is 0.600. The summed E-state index contributed by atoms with van der Waals surface area (Å²) in [6, 6.07) is 6.09. The lowest BCUT2D eigenvalue weighted by molar-refractivity contribution is -0.181. The molecule has 1 aliphatic heterocycles. The molecule has 0 aromatic heterocycles. The number of benzene rings is 1. The second kappa shape index (κ2) is 9.96. The monoisotopic (exact) mass is 413 g/mol. The Kier molecular flexibility index (Phi) is 7.89. The van der Waals surface area contributed by atoms with Crippen molar-refractivity contribution in [1.29, 1.82) is 0 Å². The minimum absolute atomic E-state index is 0.0322. The molecule has 0 radical (unpaired) electrons. The predicted octanol–water partition coefficient (Wildman–Crippen LogP) is 2.92. The molecule has 1 aromatic rings. The number of alkyl halides is 3. The minimum atomic E-state index is -4.21. The molecule has 0 saturated carbocycles. The number of nitrogens with zero attached hydrogens (tertiary/aromatic N) is 3. The van der Waals surface area contributed by atoms with Crippen LogP contribution in [0.3, 0.4) is 0 Å². The molecule has 1 heterocycles. The Bertz CT molecular complexity index is 695. The highest BCUT2D eigenvalue weighted by Crippen LogP contribution is 2.25. The molecule has 2 rings (SSSR count). The van der Waals surface area contributed by atoms with Crippen LogP contribution in [-0.2, 0) is 11.3 Å². The maximum Gasteiger partial charge on any atom is 0.403 e. The number of aliphatic imine (C=N–C) groups is 1. The molecule has 1 saturated heterocycles. The molecule has 2 N–H and O–H groups in total. The molecular formula is C20H30F3N5O. The molecule has 29 heavy (non-hydrogen) atoms. The van der Waals surface area contributed by atoms with Gasteiger partial charge in [0.2, 0.25) is 5.91 Å². The van der Waals surface area contributed by atoms with Gasteiger partial charge in [-0.25, -0.2) is 0 Å². The lowest BCUT2D eigenvalue weighted by atomic mass is 10.1. The molecule has 1 aromatic carbocycles. The van der Waals surface area contributed by atoms with Gasteiger partial charge in [0.15, 0.2) is 5.96 Å². The van der Waals surface area contributed by atoms with Gasteiger partial charge in [0.05, 0.1) is 0 Å². The largest absolute Gasteiger partial charge is 0.403 e. The lowest BCUT2D eigenvalue weighted by Crippen LogP contribution is -2.56. The molecule has 0 spiro atoms. The first kappa shape index (κ1) is 23.0.